The van der Waals surface area contributed by atoms with Crippen LogP contribution in [0.3, 0.4) is 0 Å². The molecule has 2 aromatic rings. The Morgan fingerprint density at radius 2 is 1.07 bits per heavy atom. The summed E-state index contributed by atoms with van der Waals surface area (Å²) in [5.41, 5.74) is 0.220. The van der Waals surface area contributed by atoms with Crippen molar-refractivity contribution in [2.45, 2.75) is 0 Å². The summed E-state index contributed by atoms with van der Waals surface area (Å²) in [5, 5.41) is 10.1. The lowest BCUT2D eigenvalue weighted by molar-refractivity contribution is -0.255. The molecule has 0 saturated carbocycles. The van der Waals surface area contributed by atoms with Crippen molar-refractivity contribution in [2.75, 3.05) is 0 Å². The second kappa shape index (κ2) is 6.38. The maximum atomic E-state index is 10.1. The molecule has 0 fully saturated rings. The van der Waals surface area contributed by atoms with E-state index in [9.17, 15) is 9.90 Å². The zero-order chi connectivity index (χ0) is 10.9. The highest BCUT2D eigenvalue weighted by Gasteiger charge is 1.85. The van der Waals surface area contributed by atoms with Gasteiger partial charge in [0.2, 0.25) is 0 Å². The molecule has 15 heavy (non-hydrogen) atoms. The van der Waals surface area contributed by atoms with Gasteiger partial charge in [-0.25, -0.2) is 0 Å². The molecule has 0 unspecified atom stereocenters. The third-order valence-corrected chi connectivity index (χ3v) is 1.68. The molecular weight excluding hydrogens is 188 g/mol. The molecule has 0 saturated heterocycles. The predicted octanol–water partition coefficient (Wildman–Crippen LogP) is 1.74. The van der Waals surface area contributed by atoms with E-state index in [1.165, 1.54) is 12.1 Å². The van der Waals surface area contributed by atoms with Crippen LogP contribution in [0, 0.1) is 0 Å². The van der Waals surface area contributed by atoms with Crippen LogP contribution in [0.2, 0.25) is 0 Å². The Labute approximate surface area is 88.8 Å². The summed E-state index contributed by atoms with van der Waals surface area (Å²) in [6, 6.07) is 20.1. The van der Waals surface area contributed by atoms with Crippen LogP contribution in [0.4, 0.5) is 0 Å². The number of benzene rings is 2. The van der Waals surface area contributed by atoms with Gasteiger partial charge in [-0.2, -0.15) is 0 Å². The molecule has 76 valence electrons. The SMILES string of the molecule is O=C([O-])c1ccccc1.c1ccccc1. The highest BCUT2D eigenvalue weighted by atomic mass is 16.4. The fourth-order valence-electron chi connectivity index (χ4n) is 0.959. The maximum Gasteiger partial charge on any atom is 0.0715 e. The van der Waals surface area contributed by atoms with Crippen molar-refractivity contribution in [3.05, 3.63) is 72.3 Å². The Balaban J connectivity index is 0.000000162. The summed E-state index contributed by atoms with van der Waals surface area (Å²) in [4.78, 5) is 10.1. The zero-order valence-corrected chi connectivity index (χ0v) is 8.17. The lowest BCUT2D eigenvalue weighted by Crippen LogP contribution is -2.21. The minimum Gasteiger partial charge on any atom is -0.545 e. The molecule has 0 N–H and O–H groups in total. The van der Waals surface area contributed by atoms with Crippen molar-refractivity contribution in [1.29, 1.82) is 0 Å². The van der Waals surface area contributed by atoms with E-state index >= 15 is 0 Å². The van der Waals surface area contributed by atoms with E-state index < -0.39 is 5.97 Å². The molecule has 0 atom stereocenters. The molecule has 0 bridgehead atoms. The van der Waals surface area contributed by atoms with Crippen LogP contribution in [0.1, 0.15) is 10.4 Å². The Bertz CT molecular complexity index is 355. The summed E-state index contributed by atoms with van der Waals surface area (Å²) in [7, 11) is 0. The quantitative estimate of drug-likeness (QED) is 0.701. The summed E-state index contributed by atoms with van der Waals surface area (Å²) >= 11 is 0. The number of carbonyl (C=O) groups is 1. The van der Waals surface area contributed by atoms with Gasteiger partial charge in [-0.1, -0.05) is 66.7 Å². The molecule has 0 radical (unpaired) electrons. The van der Waals surface area contributed by atoms with Crippen molar-refractivity contribution in [2.24, 2.45) is 0 Å². The van der Waals surface area contributed by atoms with Crippen molar-refractivity contribution in [1.82, 2.24) is 0 Å². The van der Waals surface area contributed by atoms with Gasteiger partial charge in [0.15, 0.2) is 0 Å². The first-order valence-electron chi connectivity index (χ1n) is 4.57. The topological polar surface area (TPSA) is 40.1 Å². The Morgan fingerprint density at radius 3 is 1.33 bits per heavy atom. The molecule has 0 heterocycles. The van der Waals surface area contributed by atoms with Gasteiger partial charge in [0.25, 0.3) is 0 Å². The van der Waals surface area contributed by atoms with E-state index in [4.69, 9.17) is 0 Å². The lowest BCUT2D eigenvalue weighted by atomic mass is 10.2. The smallest absolute Gasteiger partial charge is 0.0715 e. The van der Waals surface area contributed by atoms with Crippen LogP contribution in [0.5, 0.6) is 0 Å². The van der Waals surface area contributed by atoms with Gasteiger partial charge in [-0.3, -0.25) is 0 Å². The molecule has 2 rings (SSSR count). The van der Waals surface area contributed by atoms with Crippen molar-refractivity contribution < 1.29 is 9.90 Å². The highest BCUT2D eigenvalue weighted by molar-refractivity contribution is 5.85. The highest BCUT2D eigenvalue weighted by Crippen LogP contribution is 1.94. The molecule has 0 spiro atoms. The molecule has 2 nitrogen and oxygen atoms in total. The molecular formula is C13H11O2-. The lowest BCUT2D eigenvalue weighted by Gasteiger charge is -1.97. The summed E-state index contributed by atoms with van der Waals surface area (Å²) in [5.74, 6) is -1.13. The molecule has 0 aromatic heterocycles. The summed E-state index contributed by atoms with van der Waals surface area (Å²) in [6.07, 6.45) is 0. The number of rotatable bonds is 1. The van der Waals surface area contributed by atoms with Gasteiger partial charge in [0, 0.05) is 0 Å². The second-order valence-corrected chi connectivity index (χ2v) is 2.81. The van der Waals surface area contributed by atoms with Crippen molar-refractivity contribution in [3.8, 4) is 0 Å². The van der Waals surface area contributed by atoms with Gasteiger partial charge >= 0.3 is 0 Å². The third-order valence-electron chi connectivity index (χ3n) is 1.68. The standard InChI is InChI=1S/C7H6O2.C6H6/c8-7(9)6-4-2-1-3-5-6;1-2-4-6-5-3-1/h1-5H,(H,8,9);1-6H/p-1. The average Bonchev–Trinajstić information content (AvgIpc) is 2.33. The zero-order valence-electron chi connectivity index (χ0n) is 8.17. The van der Waals surface area contributed by atoms with E-state index in [1.807, 2.05) is 36.4 Å². The van der Waals surface area contributed by atoms with E-state index in [0.717, 1.165) is 0 Å². The van der Waals surface area contributed by atoms with Gasteiger partial charge < -0.3 is 9.90 Å². The molecule has 0 aliphatic carbocycles. The molecule has 2 heteroatoms. The predicted molar refractivity (Wildman–Crippen MR) is 57.2 cm³/mol. The van der Waals surface area contributed by atoms with Crippen molar-refractivity contribution >= 4 is 5.97 Å². The largest absolute Gasteiger partial charge is 0.545 e. The van der Waals surface area contributed by atoms with Gasteiger partial charge in [0.05, 0.1) is 5.97 Å². The van der Waals surface area contributed by atoms with Crippen LogP contribution in [-0.2, 0) is 0 Å². The fraction of sp³-hybridized carbons (Fsp3) is 0. The van der Waals surface area contributed by atoms with Crippen LogP contribution in [-0.4, -0.2) is 5.97 Å². The molecule has 0 aliphatic heterocycles. The summed E-state index contributed by atoms with van der Waals surface area (Å²) < 4.78 is 0. The summed E-state index contributed by atoms with van der Waals surface area (Å²) in [6.45, 7) is 0. The normalized spacial score (nSPS) is 8.53. The third kappa shape index (κ3) is 4.62. The number of hydrogen-bond acceptors (Lipinski definition) is 2. The van der Waals surface area contributed by atoms with E-state index in [-0.39, 0.29) is 5.56 Å². The minimum absolute atomic E-state index is 0.220. The number of hydrogen-bond donors (Lipinski definition) is 0. The van der Waals surface area contributed by atoms with E-state index in [0.29, 0.717) is 0 Å². The Morgan fingerprint density at radius 1 is 0.733 bits per heavy atom. The molecule has 2 aromatic carbocycles. The van der Waals surface area contributed by atoms with Crippen LogP contribution in [0.25, 0.3) is 0 Å². The number of aromatic carboxylic acids is 1. The van der Waals surface area contributed by atoms with Crippen LogP contribution < -0.4 is 5.11 Å². The van der Waals surface area contributed by atoms with Gasteiger partial charge in [-0.05, 0) is 5.56 Å². The van der Waals surface area contributed by atoms with Gasteiger partial charge in [0.1, 0.15) is 0 Å². The Kier molecular flexibility index (Phi) is 4.67. The first kappa shape index (κ1) is 11.0. The van der Waals surface area contributed by atoms with Crippen LogP contribution in [0.15, 0.2) is 66.7 Å². The van der Waals surface area contributed by atoms with Crippen molar-refractivity contribution in [3.63, 3.8) is 0 Å². The van der Waals surface area contributed by atoms with Gasteiger partial charge in [-0.15, -0.1) is 0 Å². The fourth-order valence-corrected chi connectivity index (χ4v) is 0.959. The second-order valence-electron chi connectivity index (χ2n) is 2.81. The first-order chi connectivity index (χ1) is 7.30. The van der Waals surface area contributed by atoms with E-state index in [2.05, 4.69) is 0 Å². The van der Waals surface area contributed by atoms with Crippen LogP contribution >= 0.6 is 0 Å². The average molecular weight is 199 g/mol. The number of carbonyl (C=O) groups excluding carboxylic acids is 1. The number of carboxylic acids is 1. The molecule has 0 amide bonds. The monoisotopic (exact) mass is 199 g/mol. The molecule has 0 aliphatic rings. The minimum atomic E-state index is -1.13. The Hall–Kier alpha value is -2.09. The first-order valence-corrected chi connectivity index (χ1v) is 4.57. The maximum absolute atomic E-state index is 10.1. The number of carboxylic acid groups (broad SMARTS) is 1. The van der Waals surface area contributed by atoms with E-state index in [1.54, 1.807) is 18.2 Å².